The number of phenolic OH excluding ortho intramolecular Hbond substituents is 1. The van der Waals surface area contributed by atoms with Crippen molar-refractivity contribution < 1.29 is 14.8 Å². The SMILES string of the molecule is COc1cc([N+](=O)[O-])c([C@@H](N)CN)cc1O. The number of methoxy groups -OCH3 is 1. The van der Waals surface area contributed by atoms with Gasteiger partial charge in [0.05, 0.1) is 23.7 Å². The van der Waals surface area contributed by atoms with Crippen LogP contribution in [0.1, 0.15) is 11.6 Å². The molecular formula is C9H13N3O4. The Hall–Kier alpha value is -1.86. The average molecular weight is 227 g/mol. The van der Waals surface area contributed by atoms with Gasteiger partial charge in [-0.05, 0) is 6.07 Å². The standard InChI is InChI=1S/C9H13N3O4/c1-16-9-3-7(12(14)15)5(2-8(9)13)6(11)4-10/h2-3,6,13H,4,10-11H2,1H3/t6-/m0/s1. The molecule has 1 aromatic rings. The molecule has 7 heteroatoms. The first-order valence-corrected chi connectivity index (χ1v) is 4.52. The van der Waals surface area contributed by atoms with Gasteiger partial charge in [-0.1, -0.05) is 0 Å². The topological polar surface area (TPSA) is 125 Å². The maximum absolute atomic E-state index is 10.8. The molecule has 0 saturated carbocycles. The molecule has 5 N–H and O–H groups in total. The highest BCUT2D eigenvalue weighted by molar-refractivity contribution is 5.54. The monoisotopic (exact) mass is 227 g/mol. The summed E-state index contributed by atoms with van der Waals surface area (Å²) < 4.78 is 4.78. The molecule has 1 atom stereocenters. The summed E-state index contributed by atoms with van der Waals surface area (Å²) in [4.78, 5) is 10.2. The molecule has 7 nitrogen and oxygen atoms in total. The summed E-state index contributed by atoms with van der Waals surface area (Å²) in [6.07, 6.45) is 0. The van der Waals surface area contributed by atoms with E-state index in [0.717, 1.165) is 6.07 Å². The molecule has 0 heterocycles. The number of nitrogens with zero attached hydrogens (tertiary/aromatic N) is 1. The van der Waals surface area contributed by atoms with Crippen molar-refractivity contribution in [1.29, 1.82) is 0 Å². The maximum Gasteiger partial charge on any atom is 0.278 e. The highest BCUT2D eigenvalue weighted by atomic mass is 16.6. The molecule has 1 rings (SSSR count). The zero-order valence-electron chi connectivity index (χ0n) is 8.71. The first kappa shape index (κ1) is 12.2. The predicted molar refractivity (Wildman–Crippen MR) is 57.3 cm³/mol. The zero-order chi connectivity index (χ0) is 12.3. The second-order valence-corrected chi connectivity index (χ2v) is 3.18. The number of rotatable bonds is 4. The summed E-state index contributed by atoms with van der Waals surface area (Å²) in [5.74, 6) is -0.174. The minimum absolute atomic E-state index is 0.0275. The number of nitro benzene ring substituents is 1. The Morgan fingerprint density at radius 3 is 2.69 bits per heavy atom. The van der Waals surface area contributed by atoms with E-state index in [9.17, 15) is 15.2 Å². The van der Waals surface area contributed by atoms with Crippen LogP contribution in [0.5, 0.6) is 11.5 Å². The highest BCUT2D eigenvalue weighted by Crippen LogP contribution is 2.35. The number of nitro groups is 1. The first-order valence-electron chi connectivity index (χ1n) is 4.52. The van der Waals surface area contributed by atoms with Gasteiger partial charge in [-0.25, -0.2) is 0 Å². The van der Waals surface area contributed by atoms with Gasteiger partial charge in [-0.2, -0.15) is 0 Å². The molecule has 0 saturated heterocycles. The van der Waals surface area contributed by atoms with Gasteiger partial charge in [0, 0.05) is 12.6 Å². The third kappa shape index (κ3) is 2.20. The molecular weight excluding hydrogens is 214 g/mol. The minimum atomic E-state index is -0.697. The first-order chi connectivity index (χ1) is 7.51. The van der Waals surface area contributed by atoms with Crippen molar-refractivity contribution in [3.05, 3.63) is 27.8 Å². The van der Waals surface area contributed by atoms with Gasteiger partial charge in [-0.15, -0.1) is 0 Å². The van der Waals surface area contributed by atoms with Crippen molar-refractivity contribution in [3.63, 3.8) is 0 Å². The van der Waals surface area contributed by atoms with E-state index >= 15 is 0 Å². The number of aromatic hydroxyl groups is 1. The van der Waals surface area contributed by atoms with E-state index in [1.807, 2.05) is 0 Å². The lowest BCUT2D eigenvalue weighted by Crippen LogP contribution is -2.21. The Morgan fingerprint density at radius 1 is 1.62 bits per heavy atom. The lowest BCUT2D eigenvalue weighted by Gasteiger charge is -2.11. The second kappa shape index (κ2) is 4.77. The summed E-state index contributed by atoms with van der Waals surface area (Å²) in [7, 11) is 1.31. The van der Waals surface area contributed by atoms with Gasteiger partial charge < -0.3 is 21.3 Å². The molecule has 0 aliphatic heterocycles. The van der Waals surface area contributed by atoms with Crippen molar-refractivity contribution >= 4 is 5.69 Å². The number of hydrogen-bond acceptors (Lipinski definition) is 6. The van der Waals surface area contributed by atoms with Crippen LogP contribution >= 0.6 is 0 Å². The molecule has 0 spiro atoms. The molecule has 0 radical (unpaired) electrons. The molecule has 0 bridgehead atoms. The lowest BCUT2D eigenvalue weighted by atomic mass is 10.0. The van der Waals surface area contributed by atoms with E-state index in [2.05, 4.69) is 0 Å². The Balaban J connectivity index is 3.36. The number of benzene rings is 1. The number of ether oxygens (including phenoxy) is 1. The second-order valence-electron chi connectivity index (χ2n) is 3.18. The van der Waals surface area contributed by atoms with E-state index in [1.54, 1.807) is 0 Å². The molecule has 0 aliphatic carbocycles. The number of phenols is 1. The number of nitrogens with two attached hydrogens (primary N) is 2. The molecule has 0 fully saturated rings. The Kier molecular flexibility index (Phi) is 3.64. The van der Waals surface area contributed by atoms with Crippen LogP contribution in [0, 0.1) is 10.1 Å². The van der Waals surface area contributed by atoms with Crippen molar-refractivity contribution in [2.45, 2.75) is 6.04 Å². The Bertz CT molecular complexity index is 408. The molecule has 0 unspecified atom stereocenters. The zero-order valence-corrected chi connectivity index (χ0v) is 8.71. The fourth-order valence-corrected chi connectivity index (χ4v) is 1.32. The molecule has 16 heavy (non-hydrogen) atoms. The third-order valence-corrected chi connectivity index (χ3v) is 2.18. The van der Waals surface area contributed by atoms with Crippen LogP contribution in [-0.2, 0) is 0 Å². The molecule has 0 aliphatic rings. The fourth-order valence-electron chi connectivity index (χ4n) is 1.32. The quantitative estimate of drug-likeness (QED) is 0.500. The van der Waals surface area contributed by atoms with Crippen LogP contribution in [0.25, 0.3) is 0 Å². The highest BCUT2D eigenvalue weighted by Gasteiger charge is 2.22. The molecule has 0 aromatic heterocycles. The van der Waals surface area contributed by atoms with Crippen molar-refractivity contribution in [3.8, 4) is 11.5 Å². The molecule has 0 amide bonds. The van der Waals surface area contributed by atoms with Crippen LogP contribution in [-0.4, -0.2) is 23.7 Å². The lowest BCUT2D eigenvalue weighted by molar-refractivity contribution is -0.385. The Labute approximate surface area is 91.8 Å². The van der Waals surface area contributed by atoms with Gasteiger partial charge in [0.1, 0.15) is 0 Å². The summed E-state index contributed by atoms with van der Waals surface area (Å²) in [5.41, 5.74) is 10.9. The largest absolute Gasteiger partial charge is 0.504 e. The van der Waals surface area contributed by atoms with Gasteiger partial charge >= 0.3 is 0 Å². The third-order valence-electron chi connectivity index (χ3n) is 2.18. The van der Waals surface area contributed by atoms with Crippen molar-refractivity contribution in [2.24, 2.45) is 11.5 Å². The maximum atomic E-state index is 10.8. The van der Waals surface area contributed by atoms with E-state index in [-0.39, 0.29) is 29.3 Å². The molecule has 1 aromatic carbocycles. The summed E-state index contributed by atoms with van der Waals surface area (Å²) in [6, 6.07) is 1.63. The van der Waals surface area contributed by atoms with Gasteiger partial charge in [-0.3, -0.25) is 10.1 Å². The van der Waals surface area contributed by atoms with Gasteiger partial charge in [0.2, 0.25) is 0 Å². The van der Waals surface area contributed by atoms with Crippen LogP contribution in [0.2, 0.25) is 0 Å². The fraction of sp³-hybridized carbons (Fsp3) is 0.333. The summed E-state index contributed by atoms with van der Waals surface area (Å²) in [5, 5.41) is 20.3. The van der Waals surface area contributed by atoms with Crippen molar-refractivity contribution in [2.75, 3.05) is 13.7 Å². The van der Waals surface area contributed by atoms with Crippen LogP contribution < -0.4 is 16.2 Å². The van der Waals surface area contributed by atoms with Crippen LogP contribution in [0.15, 0.2) is 12.1 Å². The number of hydrogen-bond donors (Lipinski definition) is 3. The molecule has 88 valence electrons. The summed E-state index contributed by atoms with van der Waals surface area (Å²) in [6.45, 7) is 0.0482. The average Bonchev–Trinajstić information content (AvgIpc) is 2.27. The van der Waals surface area contributed by atoms with Gasteiger partial charge in [0.25, 0.3) is 5.69 Å². The summed E-state index contributed by atoms with van der Waals surface area (Å²) >= 11 is 0. The van der Waals surface area contributed by atoms with E-state index in [1.165, 1.54) is 13.2 Å². The van der Waals surface area contributed by atoms with Crippen molar-refractivity contribution in [1.82, 2.24) is 0 Å². The normalized spacial score (nSPS) is 12.2. The Morgan fingerprint density at radius 2 is 2.25 bits per heavy atom. The van der Waals surface area contributed by atoms with E-state index in [0.29, 0.717) is 0 Å². The van der Waals surface area contributed by atoms with E-state index < -0.39 is 11.0 Å². The van der Waals surface area contributed by atoms with Crippen LogP contribution in [0.3, 0.4) is 0 Å². The van der Waals surface area contributed by atoms with E-state index in [4.69, 9.17) is 16.2 Å². The minimum Gasteiger partial charge on any atom is -0.504 e. The smallest absolute Gasteiger partial charge is 0.278 e. The predicted octanol–water partition coefficient (Wildman–Crippen LogP) is 0.268. The van der Waals surface area contributed by atoms with Gasteiger partial charge in [0.15, 0.2) is 11.5 Å². The van der Waals surface area contributed by atoms with Crippen LogP contribution in [0.4, 0.5) is 5.69 Å².